The van der Waals surface area contributed by atoms with E-state index in [1.807, 2.05) is 4.57 Å². The summed E-state index contributed by atoms with van der Waals surface area (Å²) in [6.45, 7) is 2.65. The number of hydrogen-bond acceptors (Lipinski definition) is 3. The smallest absolute Gasteiger partial charge is 0.257 e. The zero-order chi connectivity index (χ0) is 11.1. The van der Waals surface area contributed by atoms with Crippen molar-refractivity contribution >= 4 is 10.0 Å². The molecule has 2 rings (SSSR count). The fraction of sp³-hybridized carbons (Fsp3) is 0.667. The molecule has 1 fully saturated rings. The number of aromatic nitrogens is 2. The van der Waals surface area contributed by atoms with Gasteiger partial charge in [-0.3, -0.25) is 0 Å². The van der Waals surface area contributed by atoms with Crippen molar-refractivity contribution in [2.75, 3.05) is 0 Å². The molecule has 0 unspecified atom stereocenters. The van der Waals surface area contributed by atoms with Gasteiger partial charge in [-0.1, -0.05) is 6.42 Å². The van der Waals surface area contributed by atoms with Crippen molar-refractivity contribution in [2.45, 2.75) is 37.8 Å². The second kappa shape index (κ2) is 3.61. The molecule has 1 aliphatic rings. The first-order valence-corrected chi connectivity index (χ1v) is 6.58. The predicted molar refractivity (Wildman–Crippen MR) is 55.7 cm³/mol. The van der Waals surface area contributed by atoms with Crippen LogP contribution in [0.3, 0.4) is 0 Å². The average Bonchev–Trinajstić information content (AvgIpc) is 2.39. The Bertz CT molecular complexity index is 460. The van der Waals surface area contributed by atoms with Gasteiger partial charge < -0.3 is 4.57 Å². The Balaban J connectivity index is 2.21. The Morgan fingerprint density at radius 3 is 2.67 bits per heavy atom. The SMILES string of the molecule is Cc1nc(S(N)(=O)=O)cn1CC1CCC1. The molecule has 0 bridgehead atoms. The number of nitrogens with zero attached hydrogens (tertiary/aromatic N) is 2. The fourth-order valence-corrected chi connectivity index (χ4v) is 2.29. The summed E-state index contributed by atoms with van der Waals surface area (Å²) in [7, 11) is -3.66. The van der Waals surface area contributed by atoms with Crippen molar-refractivity contribution < 1.29 is 8.42 Å². The summed E-state index contributed by atoms with van der Waals surface area (Å²) in [6.07, 6.45) is 5.26. The average molecular weight is 229 g/mol. The molecule has 1 saturated carbocycles. The molecular formula is C9H15N3O2S. The number of hydrogen-bond donors (Lipinski definition) is 1. The first-order chi connectivity index (χ1) is 6.97. The summed E-state index contributed by atoms with van der Waals surface area (Å²) in [5.41, 5.74) is 0. The van der Waals surface area contributed by atoms with Gasteiger partial charge in [0, 0.05) is 12.7 Å². The molecule has 0 saturated heterocycles. The Hall–Kier alpha value is -0.880. The summed E-state index contributed by atoms with van der Waals surface area (Å²) in [6, 6.07) is 0. The maximum Gasteiger partial charge on any atom is 0.257 e. The van der Waals surface area contributed by atoms with E-state index in [1.54, 1.807) is 6.92 Å². The largest absolute Gasteiger partial charge is 0.333 e. The van der Waals surface area contributed by atoms with Gasteiger partial charge in [0.1, 0.15) is 5.82 Å². The van der Waals surface area contributed by atoms with Gasteiger partial charge in [-0.25, -0.2) is 18.5 Å². The second-order valence-corrected chi connectivity index (χ2v) is 5.63. The molecule has 15 heavy (non-hydrogen) atoms. The van der Waals surface area contributed by atoms with Crippen molar-refractivity contribution in [3.8, 4) is 0 Å². The van der Waals surface area contributed by atoms with Crippen LogP contribution in [0, 0.1) is 12.8 Å². The van der Waals surface area contributed by atoms with Crippen LogP contribution in [0.1, 0.15) is 25.1 Å². The molecule has 0 aliphatic heterocycles. The van der Waals surface area contributed by atoms with E-state index in [2.05, 4.69) is 4.98 Å². The highest BCUT2D eigenvalue weighted by atomic mass is 32.2. The first kappa shape index (κ1) is 10.6. The van der Waals surface area contributed by atoms with Crippen LogP contribution in [0.5, 0.6) is 0 Å². The third-order valence-electron chi connectivity index (χ3n) is 2.93. The summed E-state index contributed by atoms with van der Waals surface area (Å²) in [5.74, 6) is 1.39. The number of sulfonamides is 1. The normalized spacial score (nSPS) is 17.7. The van der Waals surface area contributed by atoms with Crippen LogP contribution in [-0.2, 0) is 16.6 Å². The highest BCUT2D eigenvalue weighted by Gasteiger charge is 2.20. The zero-order valence-electron chi connectivity index (χ0n) is 8.68. The van der Waals surface area contributed by atoms with E-state index in [0.717, 1.165) is 6.54 Å². The minimum absolute atomic E-state index is 0.0284. The van der Waals surface area contributed by atoms with Crippen LogP contribution in [0.15, 0.2) is 11.2 Å². The molecule has 5 nitrogen and oxygen atoms in total. The van der Waals surface area contributed by atoms with Gasteiger partial charge in [-0.2, -0.15) is 0 Å². The van der Waals surface area contributed by atoms with Crippen molar-refractivity contribution in [1.82, 2.24) is 9.55 Å². The number of rotatable bonds is 3. The number of nitrogens with two attached hydrogens (primary N) is 1. The van der Waals surface area contributed by atoms with Crippen LogP contribution in [0.4, 0.5) is 0 Å². The summed E-state index contributed by atoms with van der Waals surface area (Å²) in [4.78, 5) is 3.94. The Morgan fingerprint density at radius 2 is 2.27 bits per heavy atom. The molecule has 0 aromatic carbocycles. The predicted octanol–water partition coefficient (Wildman–Crippen LogP) is 0.639. The molecule has 84 valence electrons. The summed E-state index contributed by atoms with van der Waals surface area (Å²) >= 11 is 0. The molecule has 2 N–H and O–H groups in total. The molecule has 0 atom stereocenters. The molecule has 0 amide bonds. The van der Waals surface area contributed by atoms with Crippen molar-refractivity contribution in [3.63, 3.8) is 0 Å². The monoisotopic (exact) mass is 229 g/mol. The number of imidazole rings is 1. The lowest BCUT2D eigenvalue weighted by atomic mass is 9.85. The van der Waals surface area contributed by atoms with Crippen LogP contribution in [-0.4, -0.2) is 18.0 Å². The van der Waals surface area contributed by atoms with Crippen LogP contribution < -0.4 is 5.14 Å². The van der Waals surface area contributed by atoms with Crippen LogP contribution in [0.25, 0.3) is 0 Å². The lowest BCUT2D eigenvalue weighted by Crippen LogP contribution is -2.18. The van der Waals surface area contributed by atoms with Crippen LogP contribution in [0.2, 0.25) is 0 Å². The minimum atomic E-state index is -3.66. The molecule has 0 spiro atoms. The lowest BCUT2D eigenvalue weighted by Gasteiger charge is -2.25. The topological polar surface area (TPSA) is 78.0 Å². The van der Waals surface area contributed by atoms with E-state index < -0.39 is 10.0 Å². The second-order valence-electron chi connectivity index (χ2n) is 4.12. The van der Waals surface area contributed by atoms with Gasteiger partial charge in [-0.15, -0.1) is 0 Å². The highest BCUT2D eigenvalue weighted by molar-refractivity contribution is 7.89. The first-order valence-electron chi connectivity index (χ1n) is 5.03. The van der Waals surface area contributed by atoms with Gasteiger partial charge in [-0.05, 0) is 25.7 Å². The highest BCUT2D eigenvalue weighted by Crippen LogP contribution is 2.28. The standard InChI is InChI=1S/C9H15N3O2S/c1-7-11-9(15(10,13)14)6-12(7)5-8-3-2-4-8/h6,8H,2-5H2,1H3,(H2,10,13,14). The lowest BCUT2D eigenvalue weighted by molar-refractivity contribution is 0.274. The Kier molecular flexibility index (Phi) is 2.56. The van der Waals surface area contributed by atoms with Gasteiger partial charge in [0.15, 0.2) is 5.03 Å². The van der Waals surface area contributed by atoms with E-state index in [-0.39, 0.29) is 5.03 Å². The van der Waals surface area contributed by atoms with E-state index in [1.165, 1.54) is 25.5 Å². The molecule has 1 aromatic rings. The van der Waals surface area contributed by atoms with Gasteiger partial charge >= 0.3 is 0 Å². The number of primary sulfonamides is 1. The molecule has 6 heteroatoms. The molecule has 1 aromatic heterocycles. The zero-order valence-corrected chi connectivity index (χ0v) is 9.50. The van der Waals surface area contributed by atoms with E-state index >= 15 is 0 Å². The van der Waals surface area contributed by atoms with Crippen molar-refractivity contribution in [1.29, 1.82) is 0 Å². The van der Waals surface area contributed by atoms with E-state index in [0.29, 0.717) is 11.7 Å². The summed E-state index contributed by atoms with van der Waals surface area (Å²) < 4.78 is 24.0. The molecule has 1 heterocycles. The third-order valence-corrected chi connectivity index (χ3v) is 3.70. The van der Waals surface area contributed by atoms with Crippen LogP contribution >= 0.6 is 0 Å². The fourth-order valence-electron chi connectivity index (χ4n) is 1.75. The number of aryl methyl sites for hydroxylation is 1. The maximum absolute atomic E-state index is 11.1. The minimum Gasteiger partial charge on any atom is -0.333 e. The van der Waals surface area contributed by atoms with Gasteiger partial charge in [0.05, 0.1) is 0 Å². The Labute approximate surface area is 89.4 Å². The molecule has 0 radical (unpaired) electrons. The van der Waals surface area contributed by atoms with Crippen molar-refractivity contribution in [3.05, 3.63) is 12.0 Å². The quantitative estimate of drug-likeness (QED) is 0.826. The van der Waals surface area contributed by atoms with Crippen molar-refractivity contribution in [2.24, 2.45) is 11.1 Å². The van der Waals surface area contributed by atoms with Gasteiger partial charge in [0.25, 0.3) is 10.0 Å². The van der Waals surface area contributed by atoms with E-state index in [9.17, 15) is 8.42 Å². The van der Waals surface area contributed by atoms with Gasteiger partial charge in [0.2, 0.25) is 0 Å². The third kappa shape index (κ3) is 2.21. The Morgan fingerprint density at radius 1 is 1.60 bits per heavy atom. The van der Waals surface area contributed by atoms with E-state index in [4.69, 9.17) is 5.14 Å². The molecule has 1 aliphatic carbocycles. The summed E-state index contributed by atoms with van der Waals surface area (Å²) in [5, 5.41) is 4.98. The maximum atomic E-state index is 11.1. The molecular weight excluding hydrogens is 214 g/mol.